The van der Waals surface area contributed by atoms with E-state index in [9.17, 15) is 4.79 Å². The third-order valence-electron chi connectivity index (χ3n) is 4.67. The van der Waals surface area contributed by atoms with Crippen LogP contribution in [0.1, 0.15) is 36.5 Å². The summed E-state index contributed by atoms with van der Waals surface area (Å²) in [5, 5.41) is 0. The van der Waals surface area contributed by atoms with Gasteiger partial charge in [-0.05, 0) is 29.7 Å². The van der Waals surface area contributed by atoms with Crippen molar-refractivity contribution >= 4 is 40.8 Å². The van der Waals surface area contributed by atoms with E-state index in [0.717, 1.165) is 35.2 Å². The van der Waals surface area contributed by atoms with Crippen LogP contribution in [0.25, 0.3) is 12.2 Å². The van der Waals surface area contributed by atoms with Crippen molar-refractivity contribution in [1.29, 1.82) is 0 Å². The second-order valence-corrected chi connectivity index (χ2v) is 7.57. The molecule has 2 aromatic carbocycles. The largest absolute Gasteiger partial charge is 0.383 e. The van der Waals surface area contributed by atoms with Gasteiger partial charge < -0.3 is 9.80 Å². The highest BCUT2D eigenvalue weighted by atomic mass is 32.1. The van der Waals surface area contributed by atoms with Crippen LogP contribution in [0.4, 0.5) is 5.69 Å². The van der Waals surface area contributed by atoms with Crippen molar-refractivity contribution in [2.45, 2.75) is 19.8 Å². The molecule has 144 valence electrons. The molecule has 3 nitrogen and oxygen atoms in total. The number of benzene rings is 2. The minimum absolute atomic E-state index is 0.00720. The molecule has 0 fully saturated rings. The summed E-state index contributed by atoms with van der Waals surface area (Å²) in [6.07, 6.45) is 8.00. The van der Waals surface area contributed by atoms with Gasteiger partial charge in [0.05, 0.1) is 16.1 Å². The lowest BCUT2D eigenvalue weighted by atomic mass is 9.94. The Morgan fingerprint density at radius 3 is 2.43 bits per heavy atom. The van der Waals surface area contributed by atoms with E-state index < -0.39 is 0 Å². The lowest BCUT2D eigenvalue weighted by Crippen LogP contribution is -2.40. The zero-order valence-electron chi connectivity index (χ0n) is 16.7. The van der Waals surface area contributed by atoms with E-state index in [1.807, 2.05) is 60.4 Å². The van der Waals surface area contributed by atoms with Crippen molar-refractivity contribution in [3.05, 3.63) is 77.0 Å². The molecule has 28 heavy (non-hydrogen) atoms. The zero-order chi connectivity index (χ0) is 20.1. The first-order chi connectivity index (χ1) is 13.5. The van der Waals surface area contributed by atoms with Gasteiger partial charge in [0.2, 0.25) is 0 Å². The average molecular weight is 391 g/mol. The molecule has 1 aliphatic heterocycles. The van der Waals surface area contributed by atoms with Gasteiger partial charge in [-0.15, -0.1) is 0 Å². The quantitative estimate of drug-likeness (QED) is 0.386. The molecule has 1 amide bonds. The van der Waals surface area contributed by atoms with E-state index >= 15 is 0 Å². The maximum Gasteiger partial charge on any atom is 0.261 e. The number of thiocarbonyl (C=S) groups is 1. The summed E-state index contributed by atoms with van der Waals surface area (Å²) in [5.74, 6) is -0.00720. The molecule has 0 aliphatic carbocycles. The first kappa shape index (κ1) is 20.0. The number of anilines is 1. The van der Waals surface area contributed by atoms with Crippen molar-refractivity contribution in [2.75, 3.05) is 25.5 Å². The third-order valence-corrected chi connectivity index (χ3v) is 5.11. The fourth-order valence-corrected chi connectivity index (χ4v) is 3.54. The van der Waals surface area contributed by atoms with Crippen molar-refractivity contribution in [2.24, 2.45) is 0 Å². The molecule has 3 rings (SSSR count). The van der Waals surface area contributed by atoms with Crippen LogP contribution in [0.15, 0.2) is 60.3 Å². The van der Waals surface area contributed by atoms with Gasteiger partial charge in [0.15, 0.2) is 0 Å². The number of carbonyl (C=O) groups is 1. The summed E-state index contributed by atoms with van der Waals surface area (Å²) in [6.45, 7) is 2.84. The number of hydrogen-bond acceptors (Lipinski definition) is 3. The number of unbranched alkanes of at least 4 members (excludes halogenated alkanes) is 1. The van der Waals surface area contributed by atoms with Gasteiger partial charge in [-0.2, -0.15) is 0 Å². The second kappa shape index (κ2) is 8.98. The maximum atomic E-state index is 13.1. The van der Waals surface area contributed by atoms with Gasteiger partial charge in [0.1, 0.15) is 0 Å². The molecule has 0 N–H and O–H groups in total. The number of rotatable bonds is 6. The molecular formula is C24H26N2OS. The van der Waals surface area contributed by atoms with Crippen LogP contribution in [0.3, 0.4) is 0 Å². The normalized spacial score (nSPS) is 15.4. The van der Waals surface area contributed by atoms with Crippen LogP contribution in [-0.2, 0) is 4.79 Å². The van der Waals surface area contributed by atoms with Crippen molar-refractivity contribution in [3.63, 3.8) is 0 Å². The highest BCUT2D eigenvalue weighted by Gasteiger charge is 2.32. The first-order valence-electron chi connectivity index (χ1n) is 9.63. The topological polar surface area (TPSA) is 23.6 Å². The number of fused-ring (bicyclic) bond motifs is 1. The van der Waals surface area contributed by atoms with E-state index in [0.29, 0.717) is 17.0 Å². The van der Waals surface area contributed by atoms with Crippen molar-refractivity contribution in [3.8, 4) is 0 Å². The maximum absolute atomic E-state index is 13.1. The highest BCUT2D eigenvalue weighted by molar-refractivity contribution is 7.81. The molecule has 1 aliphatic rings. The Kier molecular flexibility index (Phi) is 6.42. The van der Waals surface area contributed by atoms with Crippen LogP contribution in [0.5, 0.6) is 0 Å². The minimum Gasteiger partial charge on any atom is -0.383 e. The third kappa shape index (κ3) is 4.39. The smallest absolute Gasteiger partial charge is 0.261 e. The van der Waals surface area contributed by atoms with Gasteiger partial charge in [-0.25, -0.2) is 0 Å². The molecule has 0 aromatic heterocycles. The van der Waals surface area contributed by atoms with Crippen LogP contribution in [0, 0.1) is 0 Å². The Morgan fingerprint density at radius 2 is 1.75 bits per heavy atom. The molecule has 0 saturated carbocycles. The fraction of sp³-hybridized carbons (Fsp3) is 0.250. The van der Waals surface area contributed by atoms with E-state index in [1.165, 1.54) is 0 Å². The molecule has 4 heteroatoms. The highest BCUT2D eigenvalue weighted by Crippen LogP contribution is 2.33. The molecule has 0 saturated heterocycles. The lowest BCUT2D eigenvalue weighted by molar-refractivity contribution is -0.114. The summed E-state index contributed by atoms with van der Waals surface area (Å²) in [6, 6.07) is 16.4. The Labute approximate surface area is 173 Å². The number of carbonyl (C=O) groups excluding carboxylic acids is 1. The molecule has 0 radical (unpaired) electrons. The van der Waals surface area contributed by atoms with Crippen LogP contribution >= 0.6 is 12.2 Å². The molecule has 1 heterocycles. The van der Waals surface area contributed by atoms with E-state index in [2.05, 4.69) is 37.3 Å². The summed E-state index contributed by atoms with van der Waals surface area (Å²) < 4.78 is 0. The SMILES string of the molecule is CCCCN1C(=O)C(=CN(C)C)C(=S)c2cc(C=Cc3ccccc3)ccc21. The monoisotopic (exact) mass is 390 g/mol. The molecule has 0 atom stereocenters. The Balaban J connectivity index is 2.01. The summed E-state index contributed by atoms with van der Waals surface area (Å²) in [5.41, 5.74) is 4.67. The Morgan fingerprint density at radius 1 is 1.04 bits per heavy atom. The fourth-order valence-electron chi connectivity index (χ4n) is 3.24. The number of nitrogens with zero attached hydrogens (tertiary/aromatic N) is 2. The lowest BCUT2D eigenvalue weighted by Gasteiger charge is -2.32. The predicted molar refractivity (Wildman–Crippen MR) is 123 cm³/mol. The Bertz CT molecular complexity index is 929. The predicted octanol–water partition coefficient (Wildman–Crippen LogP) is 5.17. The molecule has 0 unspecified atom stereocenters. The van der Waals surface area contributed by atoms with Crippen LogP contribution < -0.4 is 4.90 Å². The van der Waals surface area contributed by atoms with Crippen LogP contribution in [0.2, 0.25) is 0 Å². The first-order valence-corrected chi connectivity index (χ1v) is 10.0. The van der Waals surface area contributed by atoms with Gasteiger partial charge in [-0.3, -0.25) is 4.79 Å². The number of amides is 1. The van der Waals surface area contributed by atoms with E-state index in [4.69, 9.17) is 12.2 Å². The van der Waals surface area contributed by atoms with Crippen molar-refractivity contribution < 1.29 is 4.79 Å². The van der Waals surface area contributed by atoms with E-state index in [1.54, 1.807) is 0 Å². The second-order valence-electron chi connectivity index (χ2n) is 7.17. The molecule has 0 bridgehead atoms. The molecule has 2 aromatic rings. The van der Waals surface area contributed by atoms with Gasteiger partial charge in [-0.1, -0.05) is 74.1 Å². The molecule has 0 spiro atoms. The standard InChI is InChI=1S/C24H26N2OS/c1-4-5-15-26-22-14-13-19(12-11-18-9-7-6-8-10-18)16-20(22)23(28)21(24(26)27)17-25(2)3/h6-14,16-17H,4-5,15H2,1-3H3. The average Bonchev–Trinajstić information content (AvgIpc) is 2.70. The summed E-state index contributed by atoms with van der Waals surface area (Å²) >= 11 is 5.71. The van der Waals surface area contributed by atoms with E-state index in [-0.39, 0.29) is 5.91 Å². The van der Waals surface area contributed by atoms with Gasteiger partial charge >= 0.3 is 0 Å². The molecular weight excluding hydrogens is 364 g/mol. The minimum atomic E-state index is -0.00720. The van der Waals surface area contributed by atoms with Gasteiger partial charge in [0.25, 0.3) is 5.91 Å². The summed E-state index contributed by atoms with van der Waals surface area (Å²) in [7, 11) is 3.82. The van der Waals surface area contributed by atoms with Gasteiger partial charge in [0, 0.05) is 32.4 Å². The zero-order valence-corrected chi connectivity index (χ0v) is 17.5. The number of hydrogen-bond donors (Lipinski definition) is 0. The van der Waals surface area contributed by atoms with Crippen LogP contribution in [-0.4, -0.2) is 36.3 Å². The summed E-state index contributed by atoms with van der Waals surface area (Å²) in [4.78, 5) is 17.4. The Hall–Kier alpha value is -2.72. The van der Waals surface area contributed by atoms with Crippen molar-refractivity contribution in [1.82, 2.24) is 4.90 Å².